The van der Waals surface area contributed by atoms with E-state index in [0.717, 1.165) is 43.2 Å². The molecule has 3 aromatic rings. The number of unbranched alkanes of at least 4 members (excludes halogenated alkanes) is 2. The van der Waals surface area contributed by atoms with E-state index in [-0.39, 0.29) is 53.5 Å². The smallest absolute Gasteiger partial charge is 0.274 e. The van der Waals surface area contributed by atoms with Crippen molar-refractivity contribution in [3.63, 3.8) is 0 Å². The SMILES string of the molecule is CCCCN(CCCC)C(=O)c1cc(C)n(-c2ccc(NS(=O)(=O)C[C@]34CC[C@H](CC3=O)C4(C)C)cc2C(=O)N2Cc3ccccc3C[C@H]2CO)n1. The largest absolute Gasteiger partial charge is 0.394 e. The average Bonchev–Trinajstić information content (AvgIpc) is 3.68. The summed E-state index contributed by atoms with van der Waals surface area (Å²) in [6.45, 7) is 11.3. The minimum absolute atomic E-state index is 0.00762. The van der Waals surface area contributed by atoms with Crippen LogP contribution >= 0.6 is 0 Å². The molecule has 2 bridgehead atoms. The molecule has 280 valence electrons. The quantitative estimate of drug-likeness (QED) is 0.210. The van der Waals surface area contributed by atoms with E-state index < -0.39 is 32.8 Å². The molecule has 12 heteroatoms. The third-order valence-electron chi connectivity index (χ3n) is 12.1. The molecule has 3 atom stereocenters. The number of aliphatic hydroxyl groups is 1. The van der Waals surface area contributed by atoms with Crippen molar-refractivity contribution >= 4 is 33.3 Å². The Morgan fingerprint density at radius 2 is 1.71 bits per heavy atom. The molecule has 2 saturated carbocycles. The molecule has 2 aromatic carbocycles. The Bertz CT molecular complexity index is 1950. The summed E-state index contributed by atoms with van der Waals surface area (Å²) in [7, 11) is -4.01. The molecule has 52 heavy (non-hydrogen) atoms. The second-order valence-corrected chi connectivity index (χ2v) is 17.3. The molecule has 1 aliphatic heterocycles. The average molecular weight is 732 g/mol. The van der Waals surface area contributed by atoms with Gasteiger partial charge in [0.25, 0.3) is 11.8 Å². The van der Waals surface area contributed by atoms with Gasteiger partial charge in [-0.1, -0.05) is 64.8 Å². The molecule has 6 rings (SSSR count). The monoisotopic (exact) mass is 731 g/mol. The van der Waals surface area contributed by atoms with Crippen LogP contribution in [0.3, 0.4) is 0 Å². The number of hydrogen-bond acceptors (Lipinski definition) is 7. The summed E-state index contributed by atoms with van der Waals surface area (Å²) in [4.78, 5) is 45.1. The topological polar surface area (TPSA) is 142 Å². The molecule has 2 fully saturated rings. The maximum Gasteiger partial charge on any atom is 0.274 e. The number of rotatable bonds is 14. The molecule has 0 unspecified atom stereocenters. The lowest BCUT2D eigenvalue weighted by Crippen LogP contribution is -2.46. The number of anilines is 1. The number of carbonyl (C=O) groups excluding carboxylic acids is 3. The van der Waals surface area contributed by atoms with Gasteiger partial charge in [0.2, 0.25) is 10.0 Å². The first-order valence-corrected chi connectivity index (χ1v) is 20.4. The molecule has 2 N–H and O–H groups in total. The second kappa shape index (κ2) is 14.8. The van der Waals surface area contributed by atoms with Gasteiger partial charge in [-0.25, -0.2) is 13.1 Å². The zero-order valence-corrected chi connectivity index (χ0v) is 32.0. The molecule has 0 radical (unpaired) electrons. The normalized spacial score (nSPS) is 22.0. The predicted octanol–water partition coefficient (Wildman–Crippen LogP) is 5.92. The van der Waals surface area contributed by atoms with Gasteiger partial charge in [0.1, 0.15) is 5.78 Å². The Balaban J connectivity index is 1.38. The summed E-state index contributed by atoms with van der Waals surface area (Å²) in [5, 5.41) is 15.2. The second-order valence-electron chi connectivity index (χ2n) is 15.6. The number of nitrogens with zero attached hydrogens (tertiary/aromatic N) is 4. The van der Waals surface area contributed by atoms with Crippen molar-refractivity contribution in [2.24, 2.45) is 16.7 Å². The van der Waals surface area contributed by atoms with E-state index in [1.807, 2.05) is 49.9 Å². The molecule has 11 nitrogen and oxygen atoms in total. The van der Waals surface area contributed by atoms with E-state index in [1.54, 1.807) is 27.8 Å². The first kappa shape index (κ1) is 37.7. The summed E-state index contributed by atoms with van der Waals surface area (Å²) in [5.74, 6) is -0.712. The Hall–Kier alpha value is -4.03. The Kier molecular flexibility index (Phi) is 10.7. The number of aromatic nitrogens is 2. The molecule has 1 aromatic heterocycles. The van der Waals surface area contributed by atoms with E-state index in [1.165, 1.54) is 6.07 Å². The van der Waals surface area contributed by atoms with Crippen LogP contribution < -0.4 is 4.72 Å². The van der Waals surface area contributed by atoms with Crippen LogP contribution in [-0.2, 0) is 27.8 Å². The van der Waals surface area contributed by atoms with E-state index in [2.05, 4.69) is 18.6 Å². The van der Waals surface area contributed by atoms with Gasteiger partial charge in [-0.2, -0.15) is 5.10 Å². The van der Waals surface area contributed by atoms with Crippen LogP contribution in [-0.4, -0.2) is 82.2 Å². The van der Waals surface area contributed by atoms with Crippen molar-refractivity contribution in [3.8, 4) is 5.69 Å². The summed E-state index contributed by atoms with van der Waals surface area (Å²) in [6.07, 6.45) is 5.91. The maximum absolute atomic E-state index is 14.7. The zero-order chi connectivity index (χ0) is 37.4. The molecule has 2 heterocycles. The van der Waals surface area contributed by atoms with Crippen LogP contribution in [0, 0.1) is 23.7 Å². The van der Waals surface area contributed by atoms with Gasteiger partial charge in [0, 0.05) is 37.4 Å². The van der Waals surface area contributed by atoms with E-state index in [9.17, 15) is 27.9 Å². The van der Waals surface area contributed by atoms with E-state index >= 15 is 0 Å². The summed E-state index contributed by atoms with van der Waals surface area (Å²) in [6, 6.07) is 13.8. The van der Waals surface area contributed by atoms with Crippen LogP contribution in [0.15, 0.2) is 48.5 Å². The lowest BCUT2D eigenvalue weighted by Gasteiger charge is -2.36. The van der Waals surface area contributed by atoms with Gasteiger partial charge in [0.05, 0.1) is 35.1 Å². The number of Topliss-reactive ketones (excluding diaryl/α,β-unsaturated/α-hetero) is 1. The van der Waals surface area contributed by atoms with Gasteiger partial charge < -0.3 is 14.9 Å². The molecular weight excluding hydrogens is 679 g/mol. The molecule has 3 aliphatic rings. The summed E-state index contributed by atoms with van der Waals surface area (Å²) >= 11 is 0. The highest BCUT2D eigenvalue weighted by molar-refractivity contribution is 7.92. The fourth-order valence-electron chi connectivity index (χ4n) is 8.74. The van der Waals surface area contributed by atoms with Crippen molar-refractivity contribution in [1.29, 1.82) is 0 Å². The molecular formula is C40H53N5O6S. The number of hydrogen-bond donors (Lipinski definition) is 2. The van der Waals surface area contributed by atoms with Crippen LogP contribution in [0.25, 0.3) is 5.69 Å². The Morgan fingerprint density at radius 3 is 2.33 bits per heavy atom. The van der Waals surface area contributed by atoms with Gasteiger partial charge in [0.15, 0.2) is 5.69 Å². The van der Waals surface area contributed by atoms with Crippen LogP contribution in [0.4, 0.5) is 5.69 Å². The lowest BCUT2D eigenvalue weighted by atomic mass is 9.70. The first-order valence-electron chi connectivity index (χ1n) is 18.8. The molecule has 0 saturated heterocycles. The number of nitrogens with one attached hydrogen (secondary N) is 1. The standard InChI is InChI=1S/C40H53N5O6S/c1-6-8-18-43(19-9-7-2)38(49)34-20-27(3)45(41-34)35-15-14-31(42-52(50,51)26-40-17-16-30(22-36(40)47)39(40,4)5)23-33(35)37(48)44-24-29-13-11-10-12-28(29)21-32(44)25-46/h10-15,20,23,30,32,42,46H,6-9,16-19,21-22,24-26H2,1-5H3/t30-,32+,40-/m1/s1. The highest BCUT2D eigenvalue weighted by atomic mass is 32.2. The number of sulfonamides is 1. The van der Waals surface area contributed by atoms with Crippen molar-refractivity contribution in [3.05, 3.63) is 76.6 Å². The van der Waals surface area contributed by atoms with Gasteiger partial charge in [-0.3, -0.25) is 19.1 Å². The van der Waals surface area contributed by atoms with Crippen LogP contribution in [0.2, 0.25) is 0 Å². The predicted molar refractivity (Wildman–Crippen MR) is 201 cm³/mol. The number of ketones is 1. The van der Waals surface area contributed by atoms with Crippen molar-refractivity contribution in [2.75, 3.05) is 30.2 Å². The number of carbonyl (C=O) groups is 3. The molecule has 0 spiro atoms. The van der Waals surface area contributed by atoms with Crippen LogP contribution in [0.1, 0.15) is 110 Å². The zero-order valence-electron chi connectivity index (χ0n) is 31.2. The first-order chi connectivity index (χ1) is 24.7. The number of aryl methyl sites for hydroxylation is 1. The number of aliphatic hydroxyl groups excluding tert-OH is 1. The van der Waals surface area contributed by atoms with Crippen molar-refractivity contribution in [1.82, 2.24) is 19.6 Å². The number of fused-ring (bicyclic) bond motifs is 3. The van der Waals surface area contributed by atoms with Crippen molar-refractivity contribution in [2.45, 2.75) is 98.6 Å². The molecule has 2 amide bonds. The Morgan fingerprint density at radius 1 is 1.02 bits per heavy atom. The third kappa shape index (κ3) is 6.91. The van der Waals surface area contributed by atoms with Gasteiger partial charge in [-0.05, 0) is 85.8 Å². The Labute approximate surface area is 307 Å². The highest BCUT2D eigenvalue weighted by Gasteiger charge is 2.65. The fourth-order valence-corrected chi connectivity index (χ4v) is 10.6. The third-order valence-corrected chi connectivity index (χ3v) is 13.5. The lowest BCUT2D eigenvalue weighted by molar-refractivity contribution is -0.128. The van der Waals surface area contributed by atoms with Gasteiger partial charge >= 0.3 is 0 Å². The van der Waals surface area contributed by atoms with Crippen molar-refractivity contribution < 1.29 is 27.9 Å². The number of benzene rings is 2. The minimum Gasteiger partial charge on any atom is -0.394 e. The summed E-state index contributed by atoms with van der Waals surface area (Å²) in [5.41, 5.74) is 2.31. The maximum atomic E-state index is 14.7. The highest BCUT2D eigenvalue weighted by Crippen LogP contribution is 2.64. The van der Waals surface area contributed by atoms with Gasteiger partial charge in [-0.15, -0.1) is 0 Å². The molecule has 2 aliphatic carbocycles. The van der Waals surface area contributed by atoms with Crippen LogP contribution in [0.5, 0.6) is 0 Å². The summed E-state index contributed by atoms with van der Waals surface area (Å²) < 4.78 is 31.9. The minimum atomic E-state index is -4.01. The number of amides is 2. The van der Waals surface area contributed by atoms with E-state index in [0.29, 0.717) is 43.7 Å². The van der Waals surface area contributed by atoms with E-state index in [4.69, 9.17) is 5.10 Å². The fraction of sp³-hybridized carbons (Fsp3) is 0.550.